The number of nitrogen functional groups attached to an aromatic ring is 1. The molecule has 0 unspecified atom stereocenters. The van der Waals surface area contributed by atoms with Crippen molar-refractivity contribution in [2.75, 3.05) is 12.8 Å². The van der Waals surface area contributed by atoms with Gasteiger partial charge < -0.3 is 10.5 Å². The summed E-state index contributed by atoms with van der Waals surface area (Å²) >= 11 is 4.88. The summed E-state index contributed by atoms with van der Waals surface area (Å²) < 4.78 is 5.50. The zero-order valence-corrected chi connectivity index (χ0v) is 12.4. The lowest BCUT2D eigenvalue weighted by molar-refractivity contribution is 0.0600. The van der Waals surface area contributed by atoms with Crippen LogP contribution >= 0.6 is 27.7 Å². The van der Waals surface area contributed by atoms with Crippen LogP contribution in [0.5, 0.6) is 0 Å². The number of esters is 1. The van der Waals surface area contributed by atoms with Crippen molar-refractivity contribution in [3.8, 4) is 0 Å². The van der Waals surface area contributed by atoms with E-state index in [0.717, 1.165) is 10.0 Å². The average Bonchev–Trinajstić information content (AvgIpc) is 2.82. The summed E-state index contributed by atoms with van der Waals surface area (Å²) in [6, 6.07) is 5.31. The quantitative estimate of drug-likeness (QED) is 0.653. The standard InChI is InChI=1S/C11H11BrN4O2S/c1-18-9(17)6-2-3-7(8(12)4-6)5-19-11-14-10(13)15-16-11/h2-4H,5H2,1H3,(H3,13,14,15,16). The van der Waals surface area contributed by atoms with E-state index in [9.17, 15) is 4.79 Å². The molecule has 0 atom stereocenters. The number of carbonyl (C=O) groups is 1. The van der Waals surface area contributed by atoms with Gasteiger partial charge >= 0.3 is 5.97 Å². The second kappa shape index (κ2) is 6.07. The topological polar surface area (TPSA) is 93.9 Å². The largest absolute Gasteiger partial charge is 0.465 e. The molecule has 0 fully saturated rings. The van der Waals surface area contributed by atoms with E-state index >= 15 is 0 Å². The SMILES string of the molecule is COC(=O)c1ccc(CSc2n[nH]c(N)n2)c(Br)c1. The van der Waals surface area contributed by atoms with Crippen LogP contribution in [0.15, 0.2) is 27.8 Å². The smallest absolute Gasteiger partial charge is 0.337 e. The van der Waals surface area contributed by atoms with Crippen LogP contribution in [-0.4, -0.2) is 28.3 Å². The Balaban J connectivity index is 2.07. The first-order chi connectivity index (χ1) is 9.10. The average molecular weight is 343 g/mol. The maximum absolute atomic E-state index is 11.4. The van der Waals surface area contributed by atoms with Crippen molar-refractivity contribution in [1.29, 1.82) is 0 Å². The van der Waals surface area contributed by atoms with E-state index < -0.39 is 0 Å². The molecule has 19 heavy (non-hydrogen) atoms. The summed E-state index contributed by atoms with van der Waals surface area (Å²) in [5.41, 5.74) is 6.98. The van der Waals surface area contributed by atoms with Crippen molar-refractivity contribution in [3.05, 3.63) is 33.8 Å². The van der Waals surface area contributed by atoms with Gasteiger partial charge in [-0.3, -0.25) is 0 Å². The summed E-state index contributed by atoms with van der Waals surface area (Å²) in [5, 5.41) is 7.09. The van der Waals surface area contributed by atoms with Crippen molar-refractivity contribution in [3.63, 3.8) is 0 Å². The number of hydrogen-bond acceptors (Lipinski definition) is 6. The van der Waals surface area contributed by atoms with E-state index in [1.54, 1.807) is 12.1 Å². The summed E-state index contributed by atoms with van der Waals surface area (Å²) in [7, 11) is 1.35. The fourth-order valence-corrected chi connectivity index (χ4v) is 2.89. The highest BCUT2D eigenvalue weighted by Gasteiger charge is 2.09. The third-order valence-electron chi connectivity index (χ3n) is 2.31. The van der Waals surface area contributed by atoms with Crippen LogP contribution in [0.3, 0.4) is 0 Å². The zero-order valence-electron chi connectivity index (χ0n) is 10.0. The maximum Gasteiger partial charge on any atom is 0.337 e. The molecule has 0 amide bonds. The van der Waals surface area contributed by atoms with E-state index in [1.807, 2.05) is 6.07 Å². The third-order valence-corrected chi connectivity index (χ3v) is 3.95. The van der Waals surface area contributed by atoms with Crippen molar-refractivity contribution in [2.24, 2.45) is 0 Å². The lowest BCUT2D eigenvalue weighted by Gasteiger charge is -2.05. The monoisotopic (exact) mass is 342 g/mol. The number of anilines is 1. The van der Waals surface area contributed by atoms with Crippen molar-refractivity contribution in [1.82, 2.24) is 15.2 Å². The number of nitrogens with two attached hydrogens (primary N) is 1. The molecule has 100 valence electrons. The Kier molecular flexibility index (Phi) is 4.43. The first-order valence-corrected chi connectivity index (χ1v) is 7.05. The van der Waals surface area contributed by atoms with E-state index in [0.29, 0.717) is 22.4 Å². The first kappa shape index (κ1) is 13.9. The molecule has 0 aliphatic carbocycles. The number of carbonyl (C=O) groups excluding carboxylic acids is 1. The molecule has 0 saturated heterocycles. The Hall–Kier alpha value is -1.54. The molecular weight excluding hydrogens is 332 g/mol. The van der Waals surface area contributed by atoms with Gasteiger partial charge in [0.05, 0.1) is 12.7 Å². The van der Waals surface area contributed by atoms with Crippen LogP contribution in [0.25, 0.3) is 0 Å². The lowest BCUT2D eigenvalue weighted by atomic mass is 10.1. The number of hydrogen-bond donors (Lipinski definition) is 2. The molecule has 1 aromatic carbocycles. The number of H-pyrrole nitrogens is 1. The Bertz CT molecular complexity index is 602. The van der Waals surface area contributed by atoms with E-state index in [4.69, 9.17) is 5.73 Å². The molecular formula is C11H11BrN4O2S. The second-order valence-corrected chi connectivity index (χ2v) is 5.39. The molecule has 3 N–H and O–H groups in total. The minimum Gasteiger partial charge on any atom is -0.465 e. The molecule has 0 aliphatic heterocycles. The van der Waals surface area contributed by atoms with Gasteiger partial charge in [-0.2, -0.15) is 4.98 Å². The molecule has 1 aromatic heterocycles. The zero-order chi connectivity index (χ0) is 13.8. The molecule has 8 heteroatoms. The predicted octanol–water partition coefficient (Wildman–Crippen LogP) is 2.23. The number of ether oxygens (including phenoxy) is 1. The fourth-order valence-electron chi connectivity index (χ4n) is 1.37. The highest BCUT2D eigenvalue weighted by molar-refractivity contribution is 9.10. The van der Waals surface area contributed by atoms with Crippen molar-refractivity contribution in [2.45, 2.75) is 10.9 Å². The maximum atomic E-state index is 11.4. The Morgan fingerprint density at radius 1 is 1.58 bits per heavy atom. The van der Waals surface area contributed by atoms with Gasteiger partial charge in [0.15, 0.2) is 0 Å². The highest BCUT2D eigenvalue weighted by Crippen LogP contribution is 2.26. The van der Waals surface area contributed by atoms with Crippen LogP contribution in [0.4, 0.5) is 5.95 Å². The molecule has 0 saturated carbocycles. The van der Waals surface area contributed by atoms with Gasteiger partial charge in [0.25, 0.3) is 0 Å². The Morgan fingerprint density at radius 2 is 2.37 bits per heavy atom. The Labute approximate surface area is 122 Å². The van der Waals surface area contributed by atoms with Gasteiger partial charge in [-0.05, 0) is 17.7 Å². The number of benzene rings is 1. The normalized spacial score (nSPS) is 10.4. The molecule has 0 aliphatic rings. The number of nitrogens with one attached hydrogen (secondary N) is 1. The van der Waals surface area contributed by atoms with Gasteiger partial charge in [0.1, 0.15) is 0 Å². The summed E-state index contributed by atoms with van der Waals surface area (Å²) in [5.74, 6) is 0.600. The van der Waals surface area contributed by atoms with Gasteiger partial charge in [0, 0.05) is 10.2 Å². The van der Waals surface area contributed by atoms with Gasteiger partial charge in [-0.25, -0.2) is 9.89 Å². The molecule has 0 bridgehead atoms. The summed E-state index contributed by atoms with van der Waals surface area (Å²) in [4.78, 5) is 15.4. The lowest BCUT2D eigenvalue weighted by Crippen LogP contribution is -2.01. The van der Waals surface area contributed by atoms with Crippen LogP contribution in [-0.2, 0) is 10.5 Å². The number of thioether (sulfide) groups is 1. The number of aromatic amines is 1. The van der Waals surface area contributed by atoms with E-state index in [-0.39, 0.29) is 5.97 Å². The molecule has 1 heterocycles. The third kappa shape index (κ3) is 3.48. The van der Waals surface area contributed by atoms with Crippen molar-refractivity contribution < 1.29 is 9.53 Å². The van der Waals surface area contributed by atoms with Crippen LogP contribution in [0.1, 0.15) is 15.9 Å². The van der Waals surface area contributed by atoms with E-state index in [1.165, 1.54) is 18.9 Å². The number of methoxy groups -OCH3 is 1. The van der Waals surface area contributed by atoms with Crippen LogP contribution in [0, 0.1) is 0 Å². The number of rotatable bonds is 4. The predicted molar refractivity (Wildman–Crippen MR) is 75.8 cm³/mol. The summed E-state index contributed by atoms with van der Waals surface area (Å²) in [6.07, 6.45) is 0. The minimum atomic E-state index is -0.360. The molecule has 2 rings (SSSR count). The number of nitrogens with zero attached hydrogens (tertiary/aromatic N) is 2. The molecule has 6 nitrogen and oxygen atoms in total. The van der Waals surface area contributed by atoms with Crippen LogP contribution in [0.2, 0.25) is 0 Å². The molecule has 0 radical (unpaired) electrons. The number of aromatic nitrogens is 3. The second-order valence-electron chi connectivity index (χ2n) is 3.59. The van der Waals surface area contributed by atoms with Gasteiger partial charge in [-0.1, -0.05) is 33.8 Å². The highest BCUT2D eigenvalue weighted by atomic mass is 79.9. The Morgan fingerprint density at radius 3 is 2.95 bits per heavy atom. The van der Waals surface area contributed by atoms with Crippen LogP contribution < -0.4 is 5.73 Å². The van der Waals surface area contributed by atoms with Gasteiger partial charge in [-0.15, -0.1) is 5.10 Å². The molecule has 2 aromatic rings. The first-order valence-electron chi connectivity index (χ1n) is 5.27. The van der Waals surface area contributed by atoms with E-state index in [2.05, 4.69) is 35.8 Å². The minimum absolute atomic E-state index is 0.294. The summed E-state index contributed by atoms with van der Waals surface area (Å²) in [6.45, 7) is 0. The van der Waals surface area contributed by atoms with Gasteiger partial charge in [0.2, 0.25) is 11.1 Å². The fraction of sp³-hybridized carbons (Fsp3) is 0.182. The molecule has 0 spiro atoms. The number of halogens is 1. The van der Waals surface area contributed by atoms with Crippen molar-refractivity contribution >= 4 is 39.6 Å².